The lowest BCUT2D eigenvalue weighted by Crippen LogP contribution is -2.48. The molecule has 0 radical (unpaired) electrons. The highest BCUT2D eigenvalue weighted by atomic mass is 16.5. The van der Waals surface area contributed by atoms with Gasteiger partial charge in [-0.2, -0.15) is 0 Å². The van der Waals surface area contributed by atoms with Crippen molar-refractivity contribution < 1.29 is 19.4 Å². The zero-order chi connectivity index (χ0) is 11.3. The normalized spacial score (nSPS) is 22.1. The Morgan fingerprint density at radius 1 is 1.60 bits per heavy atom. The van der Waals surface area contributed by atoms with Gasteiger partial charge in [0.2, 0.25) is 0 Å². The Kier molecular flexibility index (Phi) is 4.36. The average Bonchev–Trinajstić information content (AvgIpc) is 2.66. The van der Waals surface area contributed by atoms with E-state index in [1.54, 1.807) is 6.92 Å². The molecular formula is C9H16N2O4. The smallest absolute Gasteiger partial charge is 0.326 e. The number of nitrogens with one attached hydrogen (secondary N) is 2. The molecule has 6 nitrogen and oxygen atoms in total. The fraction of sp³-hybridized carbons (Fsp3) is 0.778. The van der Waals surface area contributed by atoms with E-state index in [0.29, 0.717) is 19.6 Å². The van der Waals surface area contributed by atoms with E-state index in [2.05, 4.69) is 10.6 Å². The first kappa shape index (κ1) is 11.8. The molecular weight excluding hydrogens is 200 g/mol. The van der Waals surface area contributed by atoms with Gasteiger partial charge in [0.1, 0.15) is 6.04 Å². The summed E-state index contributed by atoms with van der Waals surface area (Å²) in [7, 11) is 0. The SMILES string of the molecule is CCC(NC(=O)NC1CCOC1)C(=O)O. The van der Waals surface area contributed by atoms with Crippen LogP contribution in [0.5, 0.6) is 0 Å². The molecule has 1 saturated heterocycles. The first-order chi connectivity index (χ1) is 7.13. The summed E-state index contributed by atoms with van der Waals surface area (Å²) in [6.07, 6.45) is 1.14. The topological polar surface area (TPSA) is 87.7 Å². The van der Waals surface area contributed by atoms with Gasteiger partial charge >= 0.3 is 12.0 Å². The number of aliphatic carboxylic acids is 1. The Hall–Kier alpha value is -1.30. The molecule has 1 fully saturated rings. The van der Waals surface area contributed by atoms with Crippen molar-refractivity contribution in [2.45, 2.75) is 31.8 Å². The molecule has 0 aromatic rings. The number of carboxylic acids is 1. The van der Waals surface area contributed by atoms with E-state index in [0.717, 1.165) is 6.42 Å². The Bertz CT molecular complexity index is 238. The molecule has 1 rings (SSSR count). The third-order valence-corrected chi connectivity index (χ3v) is 2.28. The van der Waals surface area contributed by atoms with E-state index < -0.39 is 18.0 Å². The first-order valence-electron chi connectivity index (χ1n) is 5.01. The molecule has 0 saturated carbocycles. The number of ether oxygens (including phenoxy) is 1. The lowest BCUT2D eigenvalue weighted by atomic mass is 10.2. The van der Waals surface area contributed by atoms with Crippen LogP contribution >= 0.6 is 0 Å². The highest BCUT2D eigenvalue weighted by Crippen LogP contribution is 2.02. The number of carbonyl (C=O) groups excluding carboxylic acids is 1. The first-order valence-corrected chi connectivity index (χ1v) is 5.01. The average molecular weight is 216 g/mol. The molecule has 1 aliphatic heterocycles. The lowest BCUT2D eigenvalue weighted by Gasteiger charge is -2.15. The largest absolute Gasteiger partial charge is 0.480 e. The van der Waals surface area contributed by atoms with Crippen LogP contribution in [0, 0.1) is 0 Å². The summed E-state index contributed by atoms with van der Waals surface area (Å²) >= 11 is 0. The predicted molar refractivity (Wildman–Crippen MR) is 52.6 cm³/mol. The number of carbonyl (C=O) groups is 2. The molecule has 0 aliphatic carbocycles. The number of amides is 2. The third-order valence-electron chi connectivity index (χ3n) is 2.28. The molecule has 1 aliphatic rings. The molecule has 15 heavy (non-hydrogen) atoms. The van der Waals surface area contributed by atoms with Gasteiger partial charge in [0.05, 0.1) is 12.6 Å². The summed E-state index contributed by atoms with van der Waals surface area (Å²) in [6, 6.07) is -1.27. The molecule has 86 valence electrons. The van der Waals surface area contributed by atoms with E-state index in [-0.39, 0.29) is 6.04 Å². The number of hydrogen-bond donors (Lipinski definition) is 3. The molecule has 2 amide bonds. The molecule has 0 aromatic heterocycles. The summed E-state index contributed by atoms with van der Waals surface area (Å²) in [5.41, 5.74) is 0. The quantitative estimate of drug-likeness (QED) is 0.614. The van der Waals surface area contributed by atoms with E-state index >= 15 is 0 Å². The molecule has 6 heteroatoms. The van der Waals surface area contributed by atoms with Crippen LogP contribution in [-0.2, 0) is 9.53 Å². The second kappa shape index (κ2) is 5.55. The zero-order valence-corrected chi connectivity index (χ0v) is 8.66. The molecule has 0 bridgehead atoms. The van der Waals surface area contributed by atoms with Crippen LogP contribution in [0.2, 0.25) is 0 Å². The van der Waals surface area contributed by atoms with Crippen molar-refractivity contribution in [3.63, 3.8) is 0 Å². The maximum Gasteiger partial charge on any atom is 0.326 e. The Morgan fingerprint density at radius 3 is 2.80 bits per heavy atom. The van der Waals surface area contributed by atoms with Crippen LogP contribution in [0.1, 0.15) is 19.8 Å². The van der Waals surface area contributed by atoms with Gasteiger partial charge in [-0.05, 0) is 12.8 Å². The highest BCUT2D eigenvalue weighted by molar-refractivity contribution is 5.82. The van der Waals surface area contributed by atoms with E-state index in [1.165, 1.54) is 0 Å². The van der Waals surface area contributed by atoms with E-state index in [1.807, 2.05) is 0 Å². The van der Waals surface area contributed by atoms with Crippen LogP contribution < -0.4 is 10.6 Å². The summed E-state index contributed by atoms with van der Waals surface area (Å²) < 4.78 is 5.08. The number of rotatable bonds is 4. The van der Waals surface area contributed by atoms with Gasteiger partial charge in [-0.15, -0.1) is 0 Å². The van der Waals surface area contributed by atoms with Gasteiger partial charge in [0.25, 0.3) is 0 Å². The standard InChI is InChI=1S/C9H16N2O4/c1-2-7(8(12)13)11-9(14)10-6-3-4-15-5-6/h6-7H,2-5H2,1H3,(H,12,13)(H2,10,11,14). The Morgan fingerprint density at radius 2 is 2.33 bits per heavy atom. The molecule has 2 unspecified atom stereocenters. The van der Waals surface area contributed by atoms with Crippen molar-refractivity contribution in [3.05, 3.63) is 0 Å². The maximum absolute atomic E-state index is 11.3. The van der Waals surface area contributed by atoms with Gasteiger partial charge in [-0.1, -0.05) is 6.92 Å². The zero-order valence-electron chi connectivity index (χ0n) is 8.66. The molecule has 2 atom stereocenters. The number of urea groups is 1. The second-order valence-electron chi connectivity index (χ2n) is 3.48. The van der Waals surface area contributed by atoms with Crippen LogP contribution in [0.3, 0.4) is 0 Å². The van der Waals surface area contributed by atoms with Crippen LogP contribution in [0.25, 0.3) is 0 Å². The van der Waals surface area contributed by atoms with Crippen LogP contribution in [0.4, 0.5) is 4.79 Å². The fourth-order valence-corrected chi connectivity index (χ4v) is 1.37. The van der Waals surface area contributed by atoms with Crippen LogP contribution in [0.15, 0.2) is 0 Å². The van der Waals surface area contributed by atoms with Gasteiger partial charge < -0.3 is 20.5 Å². The van der Waals surface area contributed by atoms with Crippen molar-refractivity contribution in [1.82, 2.24) is 10.6 Å². The Balaban J connectivity index is 2.30. The van der Waals surface area contributed by atoms with Crippen molar-refractivity contribution in [3.8, 4) is 0 Å². The van der Waals surface area contributed by atoms with Gasteiger partial charge in [-0.3, -0.25) is 0 Å². The molecule has 3 N–H and O–H groups in total. The number of carboxylic acid groups (broad SMARTS) is 1. The monoisotopic (exact) mass is 216 g/mol. The van der Waals surface area contributed by atoms with Crippen molar-refractivity contribution in [2.75, 3.05) is 13.2 Å². The fourth-order valence-electron chi connectivity index (χ4n) is 1.37. The van der Waals surface area contributed by atoms with Gasteiger partial charge in [0, 0.05) is 6.61 Å². The van der Waals surface area contributed by atoms with Crippen molar-refractivity contribution in [2.24, 2.45) is 0 Å². The summed E-state index contributed by atoms with van der Waals surface area (Å²) in [5.74, 6) is -1.02. The minimum atomic E-state index is -1.02. The molecule has 0 aromatic carbocycles. The Labute approximate surface area is 88.0 Å². The second-order valence-corrected chi connectivity index (χ2v) is 3.48. The van der Waals surface area contributed by atoms with E-state index in [4.69, 9.17) is 9.84 Å². The highest BCUT2D eigenvalue weighted by Gasteiger charge is 2.21. The van der Waals surface area contributed by atoms with Gasteiger partial charge in [0.15, 0.2) is 0 Å². The predicted octanol–water partition coefficient (Wildman–Crippen LogP) is -0.0623. The lowest BCUT2D eigenvalue weighted by molar-refractivity contribution is -0.139. The summed E-state index contributed by atoms with van der Waals surface area (Å²) in [6.45, 7) is 2.84. The number of hydrogen-bond acceptors (Lipinski definition) is 3. The maximum atomic E-state index is 11.3. The minimum Gasteiger partial charge on any atom is -0.480 e. The minimum absolute atomic E-state index is 0.00342. The third kappa shape index (κ3) is 3.75. The van der Waals surface area contributed by atoms with Crippen molar-refractivity contribution >= 4 is 12.0 Å². The van der Waals surface area contributed by atoms with E-state index in [9.17, 15) is 9.59 Å². The van der Waals surface area contributed by atoms with Crippen LogP contribution in [-0.4, -0.2) is 42.4 Å². The summed E-state index contributed by atoms with van der Waals surface area (Å²) in [4.78, 5) is 22.0. The molecule has 0 spiro atoms. The van der Waals surface area contributed by atoms with Gasteiger partial charge in [-0.25, -0.2) is 9.59 Å². The van der Waals surface area contributed by atoms with Crippen molar-refractivity contribution in [1.29, 1.82) is 0 Å². The molecule has 1 heterocycles. The summed E-state index contributed by atoms with van der Waals surface area (Å²) in [5, 5.41) is 13.8.